The summed E-state index contributed by atoms with van der Waals surface area (Å²) >= 11 is 0. The maximum absolute atomic E-state index is 14.1. The van der Waals surface area contributed by atoms with E-state index >= 15 is 0 Å². The largest absolute Gasteiger partial charge is 0.620 e. The second-order valence-corrected chi connectivity index (χ2v) is 13.8. The molecule has 0 radical (unpaired) electrons. The van der Waals surface area contributed by atoms with Crippen molar-refractivity contribution in [1.29, 1.82) is 0 Å². The molecule has 0 saturated carbocycles. The van der Waals surface area contributed by atoms with Crippen LogP contribution < -0.4 is 15.3 Å². The molecule has 15 heteroatoms. The fourth-order valence-corrected chi connectivity index (χ4v) is 7.10. The van der Waals surface area contributed by atoms with E-state index in [9.17, 15) is 29.2 Å². The summed E-state index contributed by atoms with van der Waals surface area (Å²) in [6.07, 6.45) is 2.91. The average Bonchev–Trinajstić information content (AvgIpc) is 3.87. The number of ether oxygens (including phenoxy) is 2. The van der Waals surface area contributed by atoms with Crippen molar-refractivity contribution in [2.75, 3.05) is 33.9 Å². The summed E-state index contributed by atoms with van der Waals surface area (Å²) in [4.78, 5) is 75.1. The quantitative estimate of drug-likeness (QED) is 0.183. The highest BCUT2D eigenvalue weighted by Crippen LogP contribution is 2.34. The Balaban J connectivity index is 1.27. The molecule has 15 nitrogen and oxygen atoms in total. The van der Waals surface area contributed by atoms with Crippen LogP contribution in [0.1, 0.15) is 65.2 Å². The number of nitrogens with one attached hydrogen (secondary N) is 3. The fourth-order valence-electron chi connectivity index (χ4n) is 7.10. The lowest BCUT2D eigenvalue weighted by Gasteiger charge is -2.43. The number of amides is 5. The second kappa shape index (κ2) is 16.6. The lowest BCUT2D eigenvalue weighted by Crippen LogP contribution is -2.62. The Labute approximate surface area is 309 Å². The van der Waals surface area contributed by atoms with Crippen molar-refractivity contribution in [2.24, 2.45) is 5.92 Å². The van der Waals surface area contributed by atoms with Crippen molar-refractivity contribution < 1.29 is 33.4 Å². The van der Waals surface area contributed by atoms with Gasteiger partial charge in [-0.05, 0) is 74.3 Å². The SMILES string of the molecule is CC[N+]([O-])(C(=O)C(C)N1CCCC(NC(=O)OC)C1=O)c1ccc(-c2ccc(-c3cnc(C4CCCN4C(=O)C(NC(=O)OC)C(C)C)[nH]3)cc2)cc1. The van der Waals surface area contributed by atoms with Crippen LogP contribution in [-0.4, -0.2) is 102 Å². The van der Waals surface area contributed by atoms with Crippen LogP contribution >= 0.6 is 0 Å². The van der Waals surface area contributed by atoms with Crippen LogP contribution in [0.5, 0.6) is 0 Å². The molecule has 0 spiro atoms. The van der Waals surface area contributed by atoms with Crippen LogP contribution in [0.4, 0.5) is 15.3 Å². The number of imidazole rings is 1. The number of piperidine rings is 1. The first kappa shape index (κ1) is 38.9. The number of likely N-dealkylation sites (tertiary alicyclic amines) is 2. The van der Waals surface area contributed by atoms with E-state index < -0.39 is 46.8 Å². The molecule has 5 unspecified atom stereocenters. The zero-order valence-electron chi connectivity index (χ0n) is 31.1. The lowest BCUT2D eigenvalue weighted by molar-refractivity contribution is -0.146. The van der Waals surface area contributed by atoms with Crippen LogP contribution in [0.25, 0.3) is 22.4 Å². The minimum absolute atomic E-state index is 0.0648. The molecule has 3 N–H and O–H groups in total. The summed E-state index contributed by atoms with van der Waals surface area (Å²) in [7, 11) is 2.48. The topological polar surface area (TPSA) is 186 Å². The Morgan fingerprint density at radius 2 is 1.53 bits per heavy atom. The van der Waals surface area contributed by atoms with Gasteiger partial charge in [0.1, 0.15) is 29.6 Å². The van der Waals surface area contributed by atoms with Gasteiger partial charge in [-0.15, -0.1) is 0 Å². The molecule has 0 aliphatic carbocycles. The maximum Gasteiger partial charge on any atom is 0.407 e. The number of hydrogen-bond acceptors (Lipinski definition) is 9. The molecule has 5 rings (SSSR count). The number of hydroxylamine groups is 2. The number of aromatic nitrogens is 2. The van der Waals surface area contributed by atoms with E-state index in [0.717, 1.165) is 35.2 Å². The van der Waals surface area contributed by atoms with Crippen LogP contribution in [0.3, 0.4) is 0 Å². The number of rotatable bonds is 11. The Hall–Kier alpha value is -5.28. The van der Waals surface area contributed by atoms with Gasteiger partial charge in [0.2, 0.25) is 11.8 Å². The highest BCUT2D eigenvalue weighted by molar-refractivity contribution is 5.97. The van der Waals surface area contributed by atoms with Crippen molar-refractivity contribution >= 4 is 35.6 Å². The van der Waals surface area contributed by atoms with Gasteiger partial charge in [-0.25, -0.2) is 19.4 Å². The Bertz CT molecular complexity index is 1790. The maximum atomic E-state index is 14.1. The molecule has 1 aromatic heterocycles. The van der Waals surface area contributed by atoms with E-state index in [1.165, 1.54) is 19.1 Å². The summed E-state index contributed by atoms with van der Waals surface area (Å²) in [5, 5.41) is 19.3. The standard InChI is InChI=1S/C38H49N7O8/c1-7-45(51,36(48)24(4)43-20-8-10-29(34(43)46)41-37(49)52-5)28-18-16-26(17-19-28)25-12-14-27(15-13-25)30-22-39-33(40-30)31-11-9-21-44(31)35(47)32(23(2)3)42-38(50)53-6/h12-19,22-24,29,31-32H,7-11,20-21H2,1-6H3,(H,39,40)(H,41,49)(H,42,50). The number of methoxy groups -OCH3 is 2. The molecule has 3 heterocycles. The van der Waals surface area contributed by atoms with Gasteiger partial charge in [-0.1, -0.05) is 38.1 Å². The first-order chi connectivity index (χ1) is 25.3. The van der Waals surface area contributed by atoms with Crippen LogP contribution in [0.2, 0.25) is 0 Å². The lowest BCUT2D eigenvalue weighted by atomic mass is 10.0. The van der Waals surface area contributed by atoms with Gasteiger partial charge in [0.05, 0.1) is 38.7 Å². The molecule has 53 heavy (non-hydrogen) atoms. The number of H-pyrrole nitrogens is 1. The fraction of sp³-hybridized carbons (Fsp3) is 0.474. The van der Waals surface area contributed by atoms with Crippen molar-refractivity contribution in [3.63, 3.8) is 0 Å². The molecular weight excluding hydrogens is 682 g/mol. The third-order valence-corrected chi connectivity index (χ3v) is 10.2. The molecule has 5 amide bonds. The summed E-state index contributed by atoms with van der Waals surface area (Å²) in [5.74, 6) is -0.720. The molecular formula is C38H49N7O8. The molecule has 2 saturated heterocycles. The van der Waals surface area contributed by atoms with E-state index in [0.29, 0.717) is 31.8 Å². The summed E-state index contributed by atoms with van der Waals surface area (Å²) in [6.45, 7) is 7.74. The van der Waals surface area contributed by atoms with Gasteiger partial charge in [-0.2, -0.15) is 0 Å². The molecule has 2 aromatic carbocycles. The normalized spacial score (nSPS) is 19.7. The van der Waals surface area contributed by atoms with Crippen LogP contribution in [0, 0.1) is 11.1 Å². The van der Waals surface area contributed by atoms with Crippen molar-refractivity contribution in [1.82, 2.24) is 35.0 Å². The number of carbonyl (C=O) groups is 5. The minimum atomic E-state index is -1.24. The number of aromatic amines is 1. The van der Waals surface area contributed by atoms with E-state index in [1.807, 2.05) is 38.1 Å². The Morgan fingerprint density at radius 3 is 2.13 bits per heavy atom. The zero-order chi connectivity index (χ0) is 38.4. The van der Waals surface area contributed by atoms with Gasteiger partial charge in [0, 0.05) is 25.2 Å². The van der Waals surface area contributed by atoms with Gasteiger partial charge in [0.25, 0.3) is 0 Å². The number of carbonyl (C=O) groups excluding carboxylic acids is 5. The highest BCUT2D eigenvalue weighted by Gasteiger charge is 2.42. The number of hydrogen-bond donors (Lipinski definition) is 3. The first-order valence-electron chi connectivity index (χ1n) is 18.0. The molecule has 2 aliphatic rings. The van der Waals surface area contributed by atoms with Crippen molar-refractivity contribution in [3.8, 4) is 22.4 Å². The molecule has 0 bridgehead atoms. The van der Waals surface area contributed by atoms with E-state index in [1.54, 1.807) is 49.2 Å². The predicted octanol–water partition coefficient (Wildman–Crippen LogP) is 4.87. The van der Waals surface area contributed by atoms with Crippen molar-refractivity contribution in [2.45, 2.75) is 77.5 Å². The van der Waals surface area contributed by atoms with Crippen LogP contribution in [-0.2, 0) is 23.9 Å². The monoisotopic (exact) mass is 731 g/mol. The highest BCUT2D eigenvalue weighted by atomic mass is 16.6. The predicted molar refractivity (Wildman–Crippen MR) is 198 cm³/mol. The third-order valence-electron chi connectivity index (χ3n) is 10.2. The molecule has 5 atom stereocenters. The Kier molecular flexibility index (Phi) is 12.2. The zero-order valence-corrected chi connectivity index (χ0v) is 31.1. The Morgan fingerprint density at radius 1 is 0.925 bits per heavy atom. The van der Waals surface area contributed by atoms with E-state index in [-0.39, 0.29) is 30.1 Å². The number of benzene rings is 2. The molecule has 284 valence electrons. The van der Waals surface area contributed by atoms with Gasteiger partial charge >= 0.3 is 18.1 Å². The minimum Gasteiger partial charge on any atom is -0.620 e. The number of alkyl carbamates (subject to hydrolysis) is 2. The average molecular weight is 732 g/mol. The second-order valence-electron chi connectivity index (χ2n) is 13.8. The molecule has 2 aliphatic heterocycles. The number of likely N-dealkylation sites (N-methyl/N-ethyl adjacent to an activating group) is 1. The summed E-state index contributed by atoms with van der Waals surface area (Å²) in [5.41, 5.74) is 3.68. The third kappa shape index (κ3) is 8.20. The summed E-state index contributed by atoms with van der Waals surface area (Å²) < 4.78 is 8.11. The summed E-state index contributed by atoms with van der Waals surface area (Å²) in [6, 6.07) is 11.9. The van der Waals surface area contributed by atoms with Gasteiger partial charge < -0.3 is 40.1 Å². The number of nitrogens with zero attached hydrogens (tertiary/aromatic N) is 4. The van der Waals surface area contributed by atoms with Crippen molar-refractivity contribution in [3.05, 3.63) is 65.8 Å². The van der Waals surface area contributed by atoms with E-state index in [4.69, 9.17) is 4.74 Å². The number of quaternary nitrogens is 1. The van der Waals surface area contributed by atoms with Gasteiger partial charge in [-0.3, -0.25) is 14.2 Å². The molecule has 3 aromatic rings. The first-order valence-corrected chi connectivity index (χ1v) is 18.0. The van der Waals surface area contributed by atoms with Gasteiger partial charge in [0.15, 0.2) is 0 Å². The van der Waals surface area contributed by atoms with E-state index in [2.05, 4.69) is 25.3 Å². The molecule has 2 fully saturated rings. The smallest absolute Gasteiger partial charge is 0.407 e. The van der Waals surface area contributed by atoms with Crippen LogP contribution in [0.15, 0.2) is 54.7 Å².